The third-order valence-electron chi connectivity index (χ3n) is 1.86. The average Bonchev–Trinajstić information content (AvgIpc) is 1.79. The Morgan fingerprint density at radius 1 is 1.23 bits per heavy atom. The monoisotopic (exact) mass is 170 g/mol. The van der Waals surface area contributed by atoms with Crippen molar-refractivity contribution in [3.63, 3.8) is 0 Å². The third-order valence-corrected chi connectivity index (χ3v) is 1.86. The van der Waals surface area contributed by atoms with Crippen LogP contribution in [0.2, 0.25) is 0 Å². The van der Waals surface area contributed by atoms with Crippen LogP contribution in [0.1, 0.15) is 12.8 Å². The smallest absolute Gasteiger partial charge is 0.306 e. The predicted molar refractivity (Wildman–Crippen MR) is 49.9 cm³/mol. The number of carboxylic acids is 1. The number of aliphatic carboxylic acids is 1. The molecule has 1 N–H and O–H groups in total. The van der Waals surface area contributed by atoms with E-state index in [4.69, 9.17) is 41.2 Å². The quantitative estimate of drug-likeness (QED) is 0.485. The van der Waals surface area contributed by atoms with E-state index in [1.54, 1.807) is 0 Å². The molecule has 1 aliphatic heterocycles. The topological polar surface area (TPSA) is 46.5 Å². The first-order chi connectivity index (χ1) is 5.72. The first kappa shape index (κ1) is 10.8. The fourth-order valence-corrected chi connectivity index (χ4v) is 1.45. The maximum atomic E-state index is 10.7. The van der Waals surface area contributed by atoms with Gasteiger partial charge in [-0.05, 0) is 23.6 Å². The second kappa shape index (κ2) is 3.12. The van der Waals surface area contributed by atoms with E-state index in [-0.39, 0.29) is 12.8 Å². The summed E-state index contributed by atoms with van der Waals surface area (Å²) in [5.74, 6) is -1.79. The van der Waals surface area contributed by atoms with Gasteiger partial charge in [0.25, 0.3) is 0 Å². The van der Waals surface area contributed by atoms with E-state index in [0.717, 1.165) is 0 Å². The molecule has 13 heavy (non-hydrogen) atoms. The van der Waals surface area contributed by atoms with Crippen LogP contribution in [-0.4, -0.2) is 53.3 Å². The Bertz CT molecular complexity index is 212. The Kier molecular flexibility index (Phi) is 2.58. The number of hydrogen-bond donors (Lipinski definition) is 1. The molecule has 0 aromatic rings. The number of carboxylic acid groups (broad SMARTS) is 1. The van der Waals surface area contributed by atoms with Gasteiger partial charge in [0.1, 0.15) is 0 Å². The molecule has 0 aliphatic carbocycles. The van der Waals surface area contributed by atoms with Gasteiger partial charge in [0.15, 0.2) is 0 Å². The van der Waals surface area contributed by atoms with Crippen LogP contribution in [0.15, 0.2) is 0 Å². The van der Waals surface area contributed by atoms with E-state index in [1.165, 1.54) is 0 Å². The number of carbonyl (C=O) groups is 1. The molecule has 1 rings (SSSR count). The molecule has 60 valence electrons. The summed E-state index contributed by atoms with van der Waals surface area (Å²) in [6.45, 7) is 0. The van der Waals surface area contributed by atoms with Crippen molar-refractivity contribution in [3.05, 3.63) is 0 Å². The van der Waals surface area contributed by atoms with Gasteiger partial charge < -0.3 is 9.84 Å². The van der Waals surface area contributed by atoms with E-state index >= 15 is 0 Å². The van der Waals surface area contributed by atoms with Crippen LogP contribution in [0.3, 0.4) is 0 Å². The van der Waals surface area contributed by atoms with Crippen LogP contribution in [0.5, 0.6) is 0 Å². The lowest BCUT2D eigenvalue weighted by molar-refractivity contribution is -0.148. The summed E-state index contributed by atoms with van der Waals surface area (Å²) < 4.78 is 4.89. The van der Waals surface area contributed by atoms with Crippen molar-refractivity contribution in [2.75, 3.05) is 0 Å². The number of rotatable bonds is 1. The minimum absolute atomic E-state index is 0.00150. The van der Waals surface area contributed by atoms with Gasteiger partial charge in [-0.25, -0.2) is 0 Å². The SMILES string of the molecule is [B]C1([B])CC(C(=O)O)CC([B])([B])O1. The Morgan fingerprint density at radius 3 is 1.92 bits per heavy atom. The number of hydrogen-bond acceptors (Lipinski definition) is 2. The first-order valence-corrected chi connectivity index (χ1v) is 3.80. The second-order valence-electron chi connectivity index (χ2n) is 3.46. The van der Waals surface area contributed by atoms with Gasteiger partial charge in [-0.15, -0.1) is 0 Å². The molecule has 0 aromatic heterocycles. The van der Waals surface area contributed by atoms with Crippen LogP contribution in [0.4, 0.5) is 0 Å². The van der Waals surface area contributed by atoms with Gasteiger partial charge in [-0.1, -0.05) is 0 Å². The molecular formula is C6H6B4O3. The normalized spacial score (nSPS) is 26.8. The summed E-state index contributed by atoms with van der Waals surface area (Å²) in [4.78, 5) is 10.7. The van der Waals surface area contributed by atoms with Crippen molar-refractivity contribution >= 4 is 37.4 Å². The molecule has 0 bridgehead atoms. The van der Waals surface area contributed by atoms with Gasteiger partial charge in [-0.2, -0.15) is 0 Å². The van der Waals surface area contributed by atoms with Gasteiger partial charge in [0, 0.05) is 0 Å². The maximum Gasteiger partial charge on any atom is 0.306 e. The van der Waals surface area contributed by atoms with Crippen LogP contribution < -0.4 is 0 Å². The lowest BCUT2D eigenvalue weighted by Gasteiger charge is -2.46. The standard InChI is InChI=1S/C6H6B4O3/c7-5(8)1-3(4(11)12)2-6(9,10)13-5/h3H,1-2H2,(H,11,12). The van der Waals surface area contributed by atoms with E-state index < -0.39 is 22.7 Å². The highest BCUT2D eigenvalue weighted by molar-refractivity contribution is 6.42. The minimum Gasteiger partial charge on any atom is -0.481 e. The van der Waals surface area contributed by atoms with Gasteiger partial charge in [0.2, 0.25) is 0 Å². The van der Waals surface area contributed by atoms with Crippen molar-refractivity contribution in [1.82, 2.24) is 0 Å². The third kappa shape index (κ3) is 2.83. The summed E-state index contributed by atoms with van der Waals surface area (Å²) in [7, 11) is 21.7. The molecule has 1 saturated heterocycles. The fourth-order valence-electron chi connectivity index (χ4n) is 1.45. The molecule has 3 nitrogen and oxygen atoms in total. The van der Waals surface area contributed by atoms with E-state index in [1.807, 2.05) is 0 Å². The van der Waals surface area contributed by atoms with Gasteiger partial charge in [0.05, 0.1) is 37.3 Å². The highest BCUT2D eigenvalue weighted by Gasteiger charge is 2.40. The number of ether oxygens (including phenoxy) is 1. The summed E-state index contributed by atoms with van der Waals surface area (Å²) in [6.07, 6.45) is -0.00301. The largest absolute Gasteiger partial charge is 0.481 e. The van der Waals surface area contributed by atoms with E-state index in [0.29, 0.717) is 0 Å². The zero-order valence-electron chi connectivity index (χ0n) is 7.06. The minimum atomic E-state index is -1.56. The summed E-state index contributed by atoms with van der Waals surface area (Å²) in [6, 6.07) is 0. The molecule has 0 amide bonds. The summed E-state index contributed by atoms with van der Waals surface area (Å²) >= 11 is 0. The molecule has 0 aromatic carbocycles. The van der Waals surface area contributed by atoms with Crippen molar-refractivity contribution in [3.8, 4) is 0 Å². The zero-order valence-corrected chi connectivity index (χ0v) is 7.06. The lowest BCUT2D eigenvalue weighted by Crippen LogP contribution is -2.54. The fraction of sp³-hybridized carbons (Fsp3) is 0.833. The summed E-state index contributed by atoms with van der Waals surface area (Å²) in [5, 5.41) is 5.60. The van der Waals surface area contributed by atoms with E-state index in [2.05, 4.69) is 0 Å². The first-order valence-electron chi connectivity index (χ1n) is 3.80. The average molecular weight is 169 g/mol. The van der Waals surface area contributed by atoms with Gasteiger partial charge >= 0.3 is 5.97 Å². The van der Waals surface area contributed by atoms with Crippen LogP contribution in [-0.2, 0) is 9.53 Å². The highest BCUT2D eigenvalue weighted by Crippen LogP contribution is 2.32. The molecule has 0 saturated carbocycles. The molecule has 0 spiro atoms. The Hall–Kier alpha value is -0.310. The summed E-state index contributed by atoms with van der Waals surface area (Å²) in [5.41, 5.74) is 0. The van der Waals surface area contributed by atoms with Crippen LogP contribution >= 0.6 is 0 Å². The van der Waals surface area contributed by atoms with Crippen molar-refractivity contribution in [2.24, 2.45) is 5.92 Å². The highest BCUT2D eigenvalue weighted by atomic mass is 16.5. The van der Waals surface area contributed by atoms with Crippen molar-refractivity contribution in [1.29, 1.82) is 0 Å². The Balaban J connectivity index is 2.78. The van der Waals surface area contributed by atoms with Gasteiger partial charge in [-0.3, -0.25) is 4.79 Å². The molecule has 1 heterocycles. The second-order valence-corrected chi connectivity index (χ2v) is 3.46. The molecule has 1 fully saturated rings. The molecule has 1 aliphatic rings. The lowest BCUT2D eigenvalue weighted by atomic mass is 9.51. The Morgan fingerprint density at radius 2 is 1.62 bits per heavy atom. The molecule has 7 heteroatoms. The van der Waals surface area contributed by atoms with E-state index in [9.17, 15) is 4.79 Å². The van der Waals surface area contributed by atoms with Crippen molar-refractivity contribution in [2.45, 2.75) is 23.6 Å². The predicted octanol–water partition coefficient (Wildman–Crippen LogP) is -1.52. The van der Waals surface area contributed by atoms with Crippen LogP contribution in [0, 0.1) is 5.92 Å². The van der Waals surface area contributed by atoms with Crippen LogP contribution in [0.25, 0.3) is 0 Å². The molecular weight excluding hydrogens is 163 g/mol. The van der Waals surface area contributed by atoms with Crippen molar-refractivity contribution < 1.29 is 14.6 Å². The molecule has 0 atom stereocenters. The maximum absolute atomic E-state index is 10.7. The molecule has 8 radical (unpaired) electrons. The zero-order chi connectivity index (χ0) is 10.3. The molecule has 0 unspecified atom stereocenters. The Labute approximate surface area is 82.2 Å².